The van der Waals surface area contributed by atoms with Crippen LogP contribution in [-0.2, 0) is 24.6 Å². The Labute approximate surface area is 230 Å². The summed E-state index contributed by atoms with van der Waals surface area (Å²) in [5, 5.41) is 11.2. The highest BCUT2D eigenvalue weighted by molar-refractivity contribution is 6.04. The van der Waals surface area contributed by atoms with Gasteiger partial charge in [-0.15, -0.1) is 0 Å². The molecule has 1 aliphatic heterocycles. The van der Waals surface area contributed by atoms with Crippen molar-refractivity contribution in [2.24, 2.45) is 5.73 Å². The minimum absolute atomic E-state index is 0.0171. The smallest absolute Gasteiger partial charge is 0.365 e. The quantitative estimate of drug-likeness (QED) is 0.254. The number of amides is 1. The van der Waals surface area contributed by atoms with Crippen LogP contribution in [0.4, 0.5) is 30.5 Å². The fourth-order valence-corrected chi connectivity index (χ4v) is 4.85. The molecule has 40 heavy (non-hydrogen) atoms. The summed E-state index contributed by atoms with van der Waals surface area (Å²) in [6.07, 6.45) is -2.58. The van der Waals surface area contributed by atoms with Crippen molar-refractivity contribution in [3.63, 3.8) is 0 Å². The number of carbonyl (C=O) groups excluding carboxylic acids is 1. The second kappa shape index (κ2) is 10.0. The molecule has 1 atom stereocenters. The summed E-state index contributed by atoms with van der Waals surface area (Å²) in [6, 6.07) is 15.2. The number of fused-ring (bicyclic) bond motifs is 2. The van der Waals surface area contributed by atoms with Crippen LogP contribution in [0.15, 0.2) is 60.8 Å². The third kappa shape index (κ3) is 5.38. The molecule has 0 aliphatic carbocycles. The number of alkyl halides is 3. The van der Waals surface area contributed by atoms with Crippen LogP contribution in [-0.4, -0.2) is 20.7 Å². The zero-order valence-corrected chi connectivity index (χ0v) is 22.7. The molecule has 2 aromatic carbocycles. The van der Waals surface area contributed by atoms with Crippen molar-refractivity contribution in [1.29, 1.82) is 0 Å². The first-order valence-corrected chi connectivity index (χ1v) is 13.0. The number of hydrogen-bond donors (Lipinski definition) is 3. The summed E-state index contributed by atoms with van der Waals surface area (Å²) in [4.78, 5) is 16.7. The van der Waals surface area contributed by atoms with Gasteiger partial charge in [0.25, 0.3) is 5.91 Å². The summed E-state index contributed by atoms with van der Waals surface area (Å²) < 4.78 is 41.0. The van der Waals surface area contributed by atoms with Crippen LogP contribution in [0.3, 0.4) is 0 Å². The number of rotatable bonds is 5. The Kier molecular flexibility index (Phi) is 6.81. The molecule has 10 heteroatoms. The maximum atomic E-state index is 13.1. The zero-order valence-electron chi connectivity index (χ0n) is 22.7. The van der Waals surface area contributed by atoms with Gasteiger partial charge in [-0.05, 0) is 53.6 Å². The number of nitrogens with one attached hydrogen (secondary N) is 2. The molecule has 2 aromatic heterocycles. The van der Waals surface area contributed by atoms with E-state index in [1.165, 1.54) is 5.56 Å². The molecule has 4 N–H and O–H groups in total. The Balaban J connectivity index is 1.41. The van der Waals surface area contributed by atoms with E-state index < -0.39 is 17.6 Å². The highest BCUT2D eigenvalue weighted by Gasteiger charge is 2.31. The lowest BCUT2D eigenvalue weighted by Crippen LogP contribution is -2.14. The monoisotopic (exact) mass is 548 g/mol. The van der Waals surface area contributed by atoms with Crippen molar-refractivity contribution in [2.75, 3.05) is 10.6 Å². The molecule has 0 spiro atoms. The van der Waals surface area contributed by atoms with Gasteiger partial charge in [-0.2, -0.15) is 18.3 Å². The van der Waals surface area contributed by atoms with Crippen molar-refractivity contribution in [1.82, 2.24) is 14.8 Å². The summed E-state index contributed by atoms with van der Waals surface area (Å²) in [5.74, 6) is 0.0916. The van der Waals surface area contributed by atoms with Crippen LogP contribution in [0.5, 0.6) is 0 Å². The second-order valence-corrected chi connectivity index (χ2v) is 11.1. The average molecular weight is 549 g/mol. The SMILES string of the molecule is CC(Nc1cc(C(F)(F)F)ccn1)c1ccc(-c2nn3c(c2C(N)=O)Nc2ccc(C(C)(C)C)cc2CC3)cc1. The van der Waals surface area contributed by atoms with E-state index in [2.05, 4.69) is 48.5 Å². The minimum Gasteiger partial charge on any atom is -0.365 e. The van der Waals surface area contributed by atoms with E-state index in [1.54, 1.807) is 4.68 Å². The Bertz CT molecular complexity index is 1570. The molecule has 7 nitrogen and oxygen atoms in total. The van der Waals surface area contributed by atoms with Gasteiger partial charge in [-0.3, -0.25) is 4.79 Å². The number of halogens is 3. The van der Waals surface area contributed by atoms with Crippen molar-refractivity contribution in [2.45, 2.75) is 58.3 Å². The first-order valence-electron chi connectivity index (χ1n) is 13.0. The lowest BCUT2D eigenvalue weighted by atomic mass is 9.85. The third-order valence-electron chi connectivity index (χ3n) is 7.15. The predicted octanol–water partition coefficient (Wildman–Crippen LogP) is 6.83. The van der Waals surface area contributed by atoms with Crippen LogP contribution in [0.25, 0.3) is 11.3 Å². The number of carbonyl (C=O) groups is 1. The molecule has 0 saturated carbocycles. The lowest BCUT2D eigenvalue weighted by molar-refractivity contribution is -0.137. The van der Waals surface area contributed by atoms with Gasteiger partial charge in [-0.25, -0.2) is 9.67 Å². The normalized spacial score (nSPS) is 14.0. The van der Waals surface area contributed by atoms with Crippen LogP contribution < -0.4 is 16.4 Å². The maximum absolute atomic E-state index is 13.1. The Hall–Kier alpha value is -4.34. The summed E-state index contributed by atoms with van der Waals surface area (Å²) >= 11 is 0. The molecule has 3 heterocycles. The lowest BCUT2D eigenvalue weighted by Gasteiger charge is -2.21. The number of anilines is 3. The van der Waals surface area contributed by atoms with Crippen LogP contribution in [0.1, 0.15) is 66.3 Å². The van der Waals surface area contributed by atoms with Gasteiger partial charge in [0, 0.05) is 30.0 Å². The molecule has 1 aliphatic rings. The molecule has 0 fully saturated rings. The van der Waals surface area contributed by atoms with Crippen molar-refractivity contribution >= 4 is 23.2 Å². The van der Waals surface area contributed by atoms with Gasteiger partial charge in [-0.1, -0.05) is 57.2 Å². The van der Waals surface area contributed by atoms with E-state index in [0.717, 1.165) is 41.6 Å². The topological polar surface area (TPSA) is 97.9 Å². The van der Waals surface area contributed by atoms with Gasteiger partial charge < -0.3 is 16.4 Å². The number of nitrogens with zero attached hydrogens (tertiary/aromatic N) is 3. The Morgan fingerprint density at radius 1 is 1.05 bits per heavy atom. The summed E-state index contributed by atoms with van der Waals surface area (Å²) in [7, 11) is 0. The van der Waals surface area contributed by atoms with E-state index in [-0.39, 0.29) is 17.3 Å². The molecule has 0 radical (unpaired) electrons. The van der Waals surface area contributed by atoms with Crippen molar-refractivity contribution in [3.8, 4) is 11.3 Å². The molecule has 1 amide bonds. The van der Waals surface area contributed by atoms with Crippen LogP contribution in [0.2, 0.25) is 0 Å². The van der Waals surface area contributed by atoms with Gasteiger partial charge in [0.05, 0.1) is 5.56 Å². The van der Waals surface area contributed by atoms with E-state index >= 15 is 0 Å². The van der Waals surface area contributed by atoms with E-state index in [0.29, 0.717) is 29.2 Å². The fraction of sp³-hybridized carbons (Fsp3) is 0.300. The van der Waals surface area contributed by atoms with Gasteiger partial charge >= 0.3 is 6.18 Å². The van der Waals surface area contributed by atoms with E-state index in [4.69, 9.17) is 10.8 Å². The fourth-order valence-electron chi connectivity index (χ4n) is 4.85. The molecular weight excluding hydrogens is 517 g/mol. The maximum Gasteiger partial charge on any atom is 0.416 e. The first kappa shape index (κ1) is 27.2. The van der Waals surface area contributed by atoms with Crippen LogP contribution >= 0.6 is 0 Å². The number of pyridine rings is 1. The standard InChI is InChI=1S/C30H31F3N6O/c1-17(36-24-16-22(11-13-35-24)30(31,32)33)18-5-7-19(8-6-18)26-25(27(34)40)28-37-23-10-9-21(29(2,3)4)15-20(23)12-14-39(28)38-26/h5-11,13,15-17,37H,12,14H2,1-4H3,(H2,34,40)(H,35,36). The molecule has 0 bridgehead atoms. The number of nitrogens with two attached hydrogens (primary N) is 1. The highest BCUT2D eigenvalue weighted by Crippen LogP contribution is 2.36. The average Bonchev–Trinajstić information content (AvgIpc) is 3.15. The molecule has 4 aromatic rings. The minimum atomic E-state index is -4.45. The molecule has 1 unspecified atom stereocenters. The van der Waals surface area contributed by atoms with Crippen molar-refractivity contribution in [3.05, 3.63) is 88.6 Å². The van der Waals surface area contributed by atoms with E-state index in [1.807, 2.05) is 37.3 Å². The number of primary amides is 1. The van der Waals surface area contributed by atoms with Gasteiger partial charge in [0.2, 0.25) is 0 Å². The molecule has 208 valence electrons. The molecule has 0 saturated heterocycles. The number of benzene rings is 2. The third-order valence-corrected chi connectivity index (χ3v) is 7.15. The zero-order chi connectivity index (χ0) is 28.8. The first-order chi connectivity index (χ1) is 18.8. The Morgan fingerprint density at radius 2 is 1.77 bits per heavy atom. The molecule has 5 rings (SSSR count). The van der Waals surface area contributed by atoms with Gasteiger partial charge in [0.15, 0.2) is 0 Å². The van der Waals surface area contributed by atoms with Crippen LogP contribution in [0, 0.1) is 0 Å². The number of aromatic nitrogens is 3. The number of hydrogen-bond acceptors (Lipinski definition) is 5. The summed E-state index contributed by atoms with van der Waals surface area (Å²) in [6.45, 7) is 8.92. The Morgan fingerprint density at radius 3 is 2.42 bits per heavy atom. The molecular formula is C30H31F3N6O. The highest BCUT2D eigenvalue weighted by atomic mass is 19.4. The second-order valence-electron chi connectivity index (χ2n) is 11.1. The van der Waals surface area contributed by atoms with E-state index in [9.17, 15) is 18.0 Å². The number of aryl methyl sites for hydroxylation is 2. The largest absolute Gasteiger partial charge is 0.416 e. The predicted molar refractivity (Wildman–Crippen MR) is 150 cm³/mol. The summed E-state index contributed by atoms with van der Waals surface area (Å²) in [5.41, 5.74) is 10.7. The van der Waals surface area contributed by atoms with Crippen molar-refractivity contribution < 1.29 is 18.0 Å². The van der Waals surface area contributed by atoms with Gasteiger partial charge in [0.1, 0.15) is 22.9 Å².